The maximum atomic E-state index is 6.10. The lowest BCUT2D eigenvalue weighted by atomic mass is 9.99. The molecule has 2 aromatic rings. The Labute approximate surface area is 132 Å². The average molecular weight is 297 g/mol. The molecule has 0 N–H and O–H groups in total. The van der Waals surface area contributed by atoms with Gasteiger partial charge in [-0.2, -0.15) is 0 Å². The predicted molar refractivity (Wildman–Crippen MR) is 86.5 cm³/mol. The van der Waals surface area contributed by atoms with Crippen LogP contribution in [0.25, 0.3) is 0 Å². The van der Waals surface area contributed by atoms with Crippen LogP contribution in [0.3, 0.4) is 0 Å². The molecule has 1 fully saturated rings. The zero-order valence-corrected chi connectivity index (χ0v) is 13.5. The zero-order valence-electron chi connectivity index (χ0n) is 13.5. The molecule has 0 bridgehead atoms. The fourth-order valence-electron chi connectivity index (χ4n) is 2.92. The first-order valence-corrected chi connectivity index (χ1v) is 7.82. The summed E-state index contributed by atoms with van der Waals surface area (Å²) >= 11 is 0. The highest BCUT2D eigenvalue weighted by Gasteiger charge is 2.28. The van der Waals surface area contributed by atoms with E-state index in [0.29, 0.717) is 6.04 Å². The van der Waals surface area contributed by atoms with Crippen LogP contribution in [-0.4, -0.2) is 34.1 Å². The van der Waals surface area contributed by atoms with Gasteiger partial charge in [0.05, 0.1) is 19.3 Å². The number of morpholine rings is 1. The van der Waals surface area contributed by atoms with Gasteiger partial charge in [0.15, 0.2) is 0 Å². The van der Waals surface area contributed by atoms with Crippen molar-refractivity contribution in [3.05, 3.63) is 59.2 Å². The third kappa shape index (κ3) is 3.34. The maximum absolute atomic E-state index is 6.10. The van der Waals surface area contributed by atoms with Crippen LogP contribution in [0.15, 0.2) is 36.7 Å². The van der Waals surface area contributed by atoms with E-state index >= 15 is 0 Å². The van der Waals surface area contributed by atoms with Gasteiger partial charge in [0, 0.05) is 25.0 Å². The molecule has 0 unspecified atom stereocenters. The lowest BCUT2D eigenvalue weighted by Gasteiger charge is -2.38. The molecule has 0 aliphatic carbocycles. The van der Waals surface area contributed by atoms with E-state index in [2.05, 4.69) is 53.8 Å². The SMILES string of the molecule is Cc1ccc(C)c([C@@H]2CN(Cc3ncccn3)[C@@H](C)CO2)c1. The highest BCUT2D eigenvalue weighted by Crippen LogP contribution is 2.28. The van der Waals surface area contributed by atoms with Crippen LogP contribution in [0.1, 0.15) is 35.5 Å². The van der Waals surface area contributed by atoms with Gasteiger partial charge < -0.3 is 4.74 Å². The Morgan fingerprint density at radius 3 is 2.77 bits per heavy atom. The molecular weight excluding hydrogens is 274 g/mol. The van der Waals surface area contributed by atoms with Crippen molar-refractivity contribution in [2.75, 3.05) is 13.2 Å². The smallest absolute Gasteiger partial charge is 0.142 e. The van der Waals surface area contributed by atoms with Crippen molar-refractivity contribution in [1.82, 2.24) is 14.9 Å². The Morgan fingerprint density at radius 2 is 2.00 bits per heavy atom. The van der Waals surface area contributed by atoms with Crippen LogP contribution in [0, 0.1) is 13.8 Å². The fraction of sp³-hybridized carbons (Fsp3) is 0.444. The molecule has 3 rings (SSSR count). The molecular formula is C18H23N3O. The van der Waals surface area contributed by atoms with Crippen molar-refractivity contribution in [3.8, 4) is 0 Å². The molecule has 2 heterocycles. The summed E-state index contributed by atoms with van der Waals surface area (Å²) in [4.78, 5) is 11.1. The fourth-order valence-corrected chi connectivity index (χ4v) is 2.92. The third-order valence-corrected chi connectivity index (χ3v) is 4.31. The van der Waals surface area contributed by atoms with Crippen molar-refractivity contribution in [2.24, 2.45) is 0 Å². The van der Waals surface area contributed by atoms with Gasteiger partial charge in [0.2, 0.25) is 0 Å². The summed E-state index contributed by atoms with van der Waals surface area (Å²) in [5.41, 5.74) is 3.87. The average Bonchev–Trinajstić information content (AvgIpc) is 2.53. The number of aryl methyl sites for hydroxylation is 2. The minimum absolute atomic E-state index is 0.125. The molecule has 0 amide bonds. The summed E-state index contributed by atoms with van der Waals surface area (Å²) in [5.74, 6) is 0.871. The molecule has 4 heteroatoms. The normalized spacial score (nSPS) is 22.7. The second-order valence-electron chi connectivity index (χ2n) is 6.13. The van der Waals surface area contributed by atoms with E-state index < -0.39 is 0 Å². The number of hydrogen-bond donors (Lipinski definition) is 0. The molecule has 116 valence electrons. The van der Waals surface area contributed by atoms with E-state index in [4.69, 9.17) is 4.74 Å². The summed E-state index contributed by atoms with van der Waals surface area (Å²) < 4.78 is 6.10. The highest BCUT2D eigenvalue weighted by molar-refractivity contribution is 5.32. The molecule has 1 aliphatic rings. The van der Waals surface area contributed by atoms with Gasteiger partial charge in [-0.1, -0.05) is 23.8 Å². The van der Waals surface area contributed by atoms with Crippen molar-refractivity contribution >= 4 is 0 Å². The molecule has 0 spiro atoms. The van der Waals surface area contributed by atoms with Crippen LogP contribution in [-0.2, 0) is 11.3 Å². The second kappa shape index (κ2) is 6.55. The predicted octanol–water partition coefficient (Wildman–Crippen LogP) is 3.06. The van der Waals surface area contributed by atoms with Crippen molar-refractivity contribution in [2.45, 2.75) is 39.5 Å². The van der Waals surface area contributed by atoms with Crippen LogP contribution in [0.5, 0.6) is 0 Å². The Kier molecular flexibility index (Phi) is 4.50. The van der Waals surface area contributed by atoms with Crippen molar-refractivity contribution < 1.29 is 4.74 Å². The molecule has 1 saturated heterocycles. The number of rotatable bonds is 3. The number of aromatic nitrogens is 2. The van der Waals surface area contributed by atoms with Crippen molar-refractivity contribution in [3.63, 3.8) is 0 Å². The summed E-state index contributed by atoms with van der Waals surface area (Å²) in [6, 6.07) is 8.81. The highest BCUT2D eigenvalue weighted by atomic mass is 16.5. The van der Waals surface area contributed by atoms with Gasteiger partial charge in [-0.25, -0.2) is 9.97 Å². The van der Waals surface area contributed by atoms with E-state index in [1.165, 1.54) is 16.7 Å². The standard InChI is InChI=1S/C18H23N3O/c1-13-5-6-14(2)16(9-13)17-10-21(15(3)12-22-17)11-18-19-7-4-8-20-18/h4-9,15,17H,10-12H2,1-3H3/t15-,17-/m0/s1. The van der Waals surface area contributed by atoms with Crippen LogP contribution in [0.2, 0.25) is 0 Å². The van der Waals surface area contributed by atoms with Crippen LogP contribution < -0.4 is 0 Å². The van der Waals surface area contributed by atoms with Gasteiger partial charge in [-0.3, -0.25) is 4.90 Å². The van der Waals surface area contributed by atoms with Crippen molar-refractivity contribution in [1.29, 1.82) is 0 Å². The largest absolute Gasteiger partial charge is 0.371 e. The quantitative estimate of drug-likeness (QED) is 0.873. The van der Waals surface area contributed by atoms with Gasteiger partial charge in [0.1, 0.15) is 5.82 Å². The maximum Gasteiger partial charge on any atom is 0.142 e. The molecule has 22 heavy (non-hydrogen) atoms. The number of benzene rings is 1. The van der Waals surface area contributed by atoms with E-state index in [1.54, 1.807) is 12.4 Å². The monoisotopic (exact) mass is 297 g/mol. The van der Waals surface area contributed by atoms with E-state index in [0.717, 1.165) is 25.5 Å². The summed E-state index contributed by atoms with van der Waals surface area (Å²) in [6.45, 7) is 8.87. The number of hydrogen-bond acceptors (Lipinski definition) is 4. The first kappa shape index (κ1) is 15.1. The first-order chi connectivity index (χ1) is 10.6. The van der Waals surface area contributed by atoms with Gasteiger partial charge in [-0.15, -0.1) is 0 Å². The summed E-state index contributed by atoms with van der Waals surface area (Å²) in [7, 11) is 0. The van der Waals surface area contributed by atoms with E-state index in [-0.39, 0.29) is 6.10 Å². The second-order valence-corrected chi connectivity index (χ2v) is 6.13. The molecule has 2 atom stereocenters. The zero-order chi connectivity index (χ0) is 15.5. The summed E-state index contributed by atoms with van der Waals surface area (Å²) in [5, 5.41) is 0. The van der Waals surface area contributed by atoms with E-state index in [9.17, 15) is 0 Å². The molecule has 4 nitrogen and oxygen atoms in total. The number of ether oxygens (including phenoxy) is 1. The minimum Gasteiger partial charge on any atom is -0.371 e. The molecule has 0 saturated carbocycles. The Bertz CT molecular complexity index is 629. The number of nitrogens with zero attached hydrogens (tertiary/aromatic N) is 3. The Hall–Kier alpha value is -1.78. The Morgan fingerprint density at radius 1 is 1.23 bits per heavy atom. The van der Waals surface area contributed by atoms with Gasteiger partial charge >= 0.3 is 0 Å². The molecule has 1 aromatic carbocycles. The topological polar surface area (TPSA) is 38.2 Å². The molecule has 0 radical (unpaired) electrons. The van der Waals surface area contributed by atoms with Crippen LogP contribution >= 0.6 is 0 Å². The minimum atomic E-state index is 0.125. The van der Waals surface area contributed by atoms with Gasteiger partial charge in [0.25, 0.3) is 0 Å². The lowest BCUT2D eigenvalue weighted by Crippen LogP contribution is -2.44. The van der Waals surface area contributed by atoms with E-state index in [1.807, 2.05) is 6.07 Å². The Balaban J connectivity index is 1.77. The van der Waals surface area contributed by atoms with Gasteiger partial charge in [-0.05, 0) is 38.0 Å². The lowest BCUT2D eigenvalue weighted by molar-refractivity contribution is -0.0643. The van der Waals surface area contributed by atoms with Crippen LogP contribution in [0.4, 0.5) is 0 Å². The first-order valence-electron chi connectivity index (χ1n) is 7.82. The third-order valence-electron chi connectivity index (χ3n) is 4.31. The molecule has 1 aliphatic heterocycles. The molecule has 1 aromatic heterocycles. The summed E-state index contributed by atoms with van der Waals surface area (Å²) in [6.07, 6.45) is 3.73.